The third-order valence-corrected chi connectivity index (χ3v) is 2.69. The fraction of sp³-hybridized carbons (Fsp3) is 0.500. The van der Waals surface area contributed by atoms with Crippen LogP contribution in [0.1, 0.15) is 17.0 Å². The van der Waals surface area contributed by atoms with Crippen molar-refractivity contribution in [3.8, 4) is 11.5 Å². The van der Waals surface area contributed by atoms with Crippen LogP contribution in [-0.2, 0) is 0 Å². The average molecular weight is 225 g/mol. The zero-order valence-corrected chi connectivity index (χ0v) is 9.99. The monoisotopic (exact) mass is 225 g/mol. The van der Waals surface area contributed by atoms with Crippen LogP contribution in [0.5, 0.6) is 11.5 Å². The van der Waals surface area contributed by atoms with Gasteiger partial charge in [-0.25, -0.2) is 0 Å². The third kappa shape index (κ3) is 2.46. The molecule has 1 rings (SSSR count). The Labute approximate surface area is 96.0 Å². The third-order valence-electron chi connectivity index (χ3n) is 2.69. The molecule has 3 N–H and O–H groups in total. The molecule has 0 aromatic heterocycles. The summed E-state index contributed by atoms with van der Waals surface area (Å²) in [5, 5.41) is 9.28. The molecular weight excluding hydrogens is 206 g/mol. The maximum Gasteiger partial charge on any atom is 0.126 e. The molecule has 1 aromatic rings. The fourth-order valence-corrected chi connectivity index (χ4v) is 1.83. The molecule has 0 aliphatic rings. The normalized spacial score (nSPS) is 12.3. The number of aliphatic hydroxyl groups excluding tert-OH is 1. The van der Waals surface area contributed by atoms with Crippen molar-refractivity contribution in [2.24, 2.45) is 5.73 Å². The van der Waals surface area contributed by atoms with Crippen molar-refractivity contribution in [3.63, 3.8) is 0 Å². The fourth-order valence-electron chi connectivity index (χ4n) is 1.83. The lowest BCUT2D eigenvalue weighted by atomic mass is 9.94. The maximum absolute atomic E-state index is 9.28. The number of aliphatic hydroxyl groups is 1. The van der Waals surface area contributed by atoms with E-state index in [0.29, 0.717) is 12.3 Å². The molecule has 16 heavy (non-hydrogen) atoms. The number of hydrogen-bond acceptors (Lipinski definition) is 4. The lowest BCUT2D eigenvalue weighted by molar-refractivity contribution is 0.263. The van der Waals surface area contributed by atoms with Crippen LogP contribution in [0.4, 0.5) is 0 Å². The molecule has 0 saturated carbocycles. The van der Waals surface area contributed by atoms with E-state index in [1.807, 2.05) is 13.0 Å². The number of nitrogens with two attached hydrogens (primary N) is 1. The molecule has 0 spiro atoms. The summed E-state index contributed by atoms with van der Waals surface area (Å²) < 4.78 is 10.5. The summed E-state index contributed by atoms with van der Waals surface area (Å²) in [6.07, 6.45) is 0. The second-order valence-corrected chi connectivity index (χ2v) is 3.68. The molecule has 0 bridgehead atoms. The zero-order chi connectivity index (χ0) is 12.1. The number of aryl methyl sites for hydroxylation is 1. The number of benzene rings is 1. The van der Waals surface area contributed by atoms with Gasteiger partial charge in [0.15, 0.2) is 0 Å². The minimum atomic E-state index is -0.0964. The highest BCUT2D eigenvalue weighted by molar-refractivity contribution is 5.48. The van der Waals surface area contributed by atoms with E-state index >= 15 is 0 Å². The van der Waals surface area contributed by atoms with Crippen molar-refractivity contribution < 1.29 is 14.6 Å². The van der Waals surface area contributed by atoms with Crippen LogP contribution in [0.2, 0.25) is 0 Å². The molecule has 0 aliphatic carbocycles. The van der Waals surface area contributed by atoms with Crippen LogP contribution in [0.3, 0.4) is 0 Å². The van der Waals surface area contributed by atoms with E-state index in [1.54, 1.807) is 20.3 Å². The summed E-state index contributed by atoms with van der Waals surface area (Å²) in [4.78, 5) is 0. The topological polar surface area (TPSA) is 64.7 Å². The molecule has 1 aromatic carbocycles. The zero-order valence-electron chi connectivity index (χ0n) is 9.99. The molecule has 0 saturated heterocycles. The van der Waals surface area contributed by atoms with Crippen LogP contribution in [0, 0.1) is 6.92 Å². The summed E-state index contributed by atoms with van der Waals surface area (Å²) in [6.45, 7) is 2.36. The van der Waals surface area contributed by atoms with Gasteiger partial charge < -0.3 is 20.3 Å². The second kappa shape index (κ2) is 5.72. The highest BCUT2D eigenvalue weighted by atomic mass is 16.5. The first-order valence-electron chi connectivity index (χ1n) is 5.21. The quantitative estimate of drug-likeness (QED) is 0.786. The van der Waals surface area contributed by atoms with E-state index in [9.17, 15) is 5.11 Å². The van der Waals surface area contributed by atoms with E-state index in [0.717, 1.165) is 16.9 Å². The Morgan fingerprint density at radius 3 is 2.44 bits per heavy atom. The van der Waals surface area contributed by atoms with Gasteiger partial charge in [0.1, 0.15) is 11.5 Å². The molecule has 1 atom stereocenters. The van der Waals surface area contributed by atoms with Crippen molar-refractivity contribution >= 4 is 0 Å². The van der Waals surface area contributed by atoms with Crippen LogP contribution < -0.4 is 15.2 Å². The van der Waals surface area contributed by atoms with E-state index < -0.39 is 0 Å². The number of ether oxygens (including phenoxy) is 2. The molecule has 0 heterocycles. The van der Waals surface area contributed by atoms with Crippen molar-refractivity contribution in [3.05, 3.63) is 23.3 Å². The Bertz CT molecular complexity index is 348. The first-order valence-corrected chi connectivity index (χ1v) is 5.21. The SMILES string of the molecule is COc1cc(C)c(C(CN)CO)c(OC)c1. The minimum Gasteiger partial charge on any atom is -0.497 e. The van der Waals surface area contributed by atoms with E-state index in [2.05, 4.69) is 0 Å². The van der Waals surface area contributed by atoms with Gasteiger partial charge in [0.2, 0.25) is 0 Å². The summed E-state index contributed by atoms with van der Waals surface area (Å²) >= 11 is 0. The van der Waals surface area contributed by atoms with Gasteiger partial charge in [-0.3, -0.25) is 0 Å². The van der Waals surface area contributed by atoms with E-state index in [1.165, 1.54) is 0 Å². The number of methoxy groups -OCH3 is 2. The maximum atomic E-state index is 9.28. The van der Waals surface area contributed by atoms with Gasteiger partial charge in [-0.2, -0.15) is 0 Å². The van der Waals surface area contributed by atoms with Crippen molar-refractivity contribution in [2.45, 2.75) is 12.8 Å². The first kappa shape index (κ1) is 12.8. The summed E-state index contributed by atoms with van der Waals surface area (Å²) in [5.41, 5.74) is 7.60. The van der Waals surface area contributed by atoms with Crippen molar-refractivity contribution in [2.75, 3.05) is 27.4 Å². The Kier molecular flexibility index (Phi) is 4.58. The molecule has 0 aliphatic heterocycles. The van der Waals surface area contributed by atoms with Crippen LogP contribution in [0.25, 0.3) is 0 Å². The van der Waals surface area contributed by atoms with Crippen LogP contribution in [0.15, 0.2) is 12.1 Å². The highest BCUT2D eigenvalue weighted by Crippen LogP contribution is 2.33. The van der Waals surface area contributed by atoms with E-state index in [4.69, 9.17) is 15.2 Å². The molecule has 0 radical (unpaired) electrons. The lowest BCUT2D eigenvalue weighted by Crippen LogP contribution is -2.18. The van der Waals surface area contributed by atoms with Crippen molar-refractivity contribution in [1.29, 1.82) is 0 Å². The largest absolute Gasteiger partial charge is 0.497 e. The van der Waals surface area contributed by atoms with Gasteiger partial charge in [0.25, 0.3) is 0 Å². The summed E-state index contributed by atoms with van der Waals surface area (Å²) in [7, 11) is 3.21. The van der Waals surface area contributed by atoms with E-state index in [-0.39, 0.29) is 12.5 Å². The van der Waals surface area contributed by atoms with Gasteiger partial charge in [0, 0.05) is 24.1 Å². The van der Waals surface area contributed by atoms with Crippen LogP contribution in [-0.4, -0.2) is 32.5 Å². The molecule has 0 fully saturated rings. The van der Waals surface area contributed by atoms with Gasteiger partial charge in [-0.15, -0.1) is 0 Å². The smallest absolute Gasteiger partial charge is 0.126 e. The lowest BCUT2D eigenvalue weighted by Gasteiger charge is -2.19. The summed E-state index contributed by atoms with van der Waals surface area (Å²) in [5.74, 6) is 1.36. The van der Waals surface area contributed by atoms with Gasteiger partial charge in [0.05, 0.1) is 20.8 Å². The Morgan fingerprint density at radius 2 is 2.00 bits per heavy atom. The predicted octanol–water partition coefficient (Wildman–Crippen LogP) is 1.05. The Morgan fingerprint density at radius 1 is 1.31 bits per heavy atom. The second-order valence-electron chi connectivity index (χ2n) is 3.68. The summed E-state index contributed by atoms with van der Waals surface area (Å²) in [6, 6.07) is 3.72. The predicted molar refractivity (Wildman–Crippen MR) is 63.2 cm³/mol. The molecule has 4 nitrogen and oxygen atoms in total. The minimum absolute atomic E-state index is 0.0139. The molecule has 1 unspecified atom stereocenters. The molecule has 0 amide bonds. The van der Waals surface area contributed by atoms with Crippen LogP contribution >= 0.6 is 0 Å². The Hall–Kier alpha value is -1.26. The highest BCUT2D eigenvalue weighted by Gasteiger charge is 2.17. The molecular formula is C12H19NO3. The average Bonchev–Trinajstić information content (AvgIpc) is 2.31. The standard InChI is InChI=1S/C12H19NO3/c1-8-4-10(15-2)5-11(16-3)12(8)9(6-13)7-14/h4-5,9,14H,6-7,13H2,1-3H3. The number of hydrogen-bond donors (Lipinski definition) is 2. The van der Waals surface area contributed by atoms with Gasteiger partial charge in [-0.1, -0.05) is 0 Å². The van der Waals surface area contributed by atoms with Gasteiger partial charge in [-0.05, 0) is 18.6 Å². The molecule has 90 valence electrons. The number of rotatable bonds is 5. The van der Waals surface area contributed by atoms with Gasteiger partial charge >= 0.3 is 0 Å². The molecule has 4 heteroatoms. The first-order chi connectivity index (χ1) is 7.67. The van der Waals surface area contributed by atoms with Crippen molar-refractivity contribution in [1.82, 2.24) is 0 Å². The Balaban J connectivity index is 3.25.